The van der Waals surface area contributed by atoms with Gasteiger partial charge in [0.25, 0.3) is 0 Å². The van der Waals surface area contributed by atoms with E-state index in [-0.39, 0.29) is 0 Å². The normalized spacial score (nSPS) is 12.8. The maximum atomic E-state index is 6.06. The zero-order chi connectivity index (χ0) is 10.6. The maximum Gasteiger partial charge on any atom is 0.203 e. The first-order valence-electron chi connectivity index (χ1n) is 5.25. The predicted octanol–water partition coefficient (Wildman–Crippen LogP) is 2.15. The maximum absolute atomic E-state index is 6.06. The topological polar surface area (TPSA) is 9.23 Å². The van der Waals surface area contributed by atoms with E-state index in [9.17, 15) is 0 Å². The highest BCUT2D eigenvalue weighted by Gasteiger charge is 2.17. The van der Waals surface area contributed by atoms with Gasteiger partial charge in [0.05, 0.1) is 0 Å². The lowest BCUT2D eigenvalue weighted by molar-refractivity contribution is 0.113. The Bertz CT molecular complexity index is 236. The Kier molecular flexibility index (Phi) is 4.85. The van der Waals surface area contributed by atoms with Crippen LogP contribution in [-0.2, 0) is 4.43 Å². The Balaban J connectivity index is 2.41. The highest BCUT2D eigenvalue weighted by molar-refractivity contribution is 7.19. The zero-order valence-electron chi connectivity index (χ0n) is 9.49. The third-order valence-electron chi connectivity index (χ3n) is 2.31. The third kappa shape index (κ3) is 3.56. The van der Waals surface area contributed by atoms with Crippen molar-refractivity contribution in [3.8, 4) is 0 Å². The summed E-state index contributed by atoms with van der Waals surface area (Å²) in [5.41, 5.74) is 0. The molecular weight excluding hydrogens is 208 g/mol. The van der Waals surface area contributed by atoms with E-state index in [2.05, 4.69) is 45.2 Å². The summed E-state index contributed by atoms with van der Waals surface area (Å²) in [6, 6.07) is 4.30. The lowest BCUT2D eigenvalue weighted by Crippen LogP contribution is -2.30. The molecule has 0 N–H and O–H groups in total. The first-order chi connectivity index (χ1) is 6.61. The van der Waals surface area contributed by atoms with Crippen LogP contribution in [0.1, 0.15) is 27.7 Å². The van der Waals surface area contributed by atoms with E-state index >= 15 is 0 Å². The predicted molar refractivity (Wildman–Crippen MR) is 67.0 cm³/mol. The van der Waals surface area contributed by atoms with Crippen molar-refractivity contribution >= 4 is 25.6 Å². The Labute approximate surface area is 93.4 Å². The lowest BCUT2D eigenvalue weighted by Gasteiger charge is -2.25. The molecule has 0 aromatic carbocycles. The summed E-state index contributed by atoms with van der Waals surface area (Å²) in [6.45, 7) is 8.97. The van der Waals surface area contributed by atoms with Gasteiger partial charge in [-0.15, -0.1) is 0 Å². The molecule has 1 aromatic rings. The summed E-state index contributed by atoms with van der Waals surface area (Å²) in [5, 5.41) is 2.13. The van der Waals surface area contributed by atoms with Gasteiger partial charge < -0.3 is 4.43 Å². The molecule has 14 heavy (non-hydrogen) atoms. The molecule has 0 radical (unpaired) electrons. The first-order valence-corrected chi connectivity index (χ1v) is 7.41. The minimum absolute atomic E-state index is 0.434. The van der Waals surface area contributed by atoms with Gasteiger partial charge in [-0.2, -0.15) is 11.3 Å². The van der Waals surface area contributed by atoms with Gasteiger partial charge in [-0.25, -0.2) is 0 Å². The van der Waals surface area contributed by atoms with Crippen LogP contribution in [-0.4, -0.2) is 15.9 Å². The van der Waals surface area contributed by atoms with Crippen LogP contribution >= 0.6 is 11.3 Å². The standard InChI is InChI=1S/C11H20OSSi/c1-8(2)11(9(3)4)12-14-10-6-5-7-13-10/h5-9,11H,14H2,1-4H3. The van der Waals surface area contributed by atoms with Crippen molar-refractivity contribution < 1.29 is 4.43 Å². The largest absolute Gasteiger partial charge is 0.414 e. The van der Waals surface area contributed by atoms with Gasteiger partial charge in [-0.3, -0.25) is 0 Å². The monoisotopic (exact) mass is 228 g/mol. The number of hydrogen-bond donors (Lipinski definition) is 0. The van der Waals surface area contributed by atoms with Gasteiger partial charge in [0.1, 0.15) is 0 Å². The molecule has 1 rings (SSSR count). The molecular formula is C11H20OSSi. The van der Waals surface area contributed by atoms with Crippen LogP contribution in [0.3, 0.4) is 0 Å². The van der Waals surface area contributed by atoms with E-state index in [0.29, 0.717) is 17.9 Å². The Morgan fingerprint density at radius 1 is 1.21 bits per heavy atom. The summed E-state index contributed by atoms with van der Waals surface area (Å²) in [6.07, 6.45) is 0.434. The Morgan fingerprint density at radius 2 is 1.86 bits per heavy atom. The van der Waals surface area contributed by atoms with Crippen LogP contribution in [0.5, 0.6) is 0 Å². The van der Waals surface area contributed by atoms with E-state index in [1.807, 2.05) is 11.3 Å². The summed E-state index contributed by atoms with van der Waals surface area (Å²) in [7, 11) is -0.484. The fourth-order valence-electron chi connectivity index (χ4n) is 1.73. The van der Waals surface area contributed by atoms with Crippen LogP contribution in [0.15, 0.2) is 17.5 Å². The Morgan fingerprint density at radius 3 is 2.29 bits per heavy atom. The fourth-order valence-corrected chi connectivity index (χ4v) is 4.34. The second-order valence-electron chi connectivity index (χ2n) is 4.34. The second-order valence-corrected chi connectivity index (χ2v) is 7.27. The second kappa shape index (κ2) is 5.68. The lowest BCUT2D eigenvalue weighted by atomic mass is 9.97. The highest BCUT2D eigenvalue weighted by atomic mass is 32.1. The average Bonchev–Trinajstić information content (AvgIpc) is 2.55. The van der Waals surface area contributed by atoms with Gasteiger partial charge in [0.15, 0.2) is 0 Å². The van der Waals surface area contributed by atoms with E-state index in [4.69, 9.17) is 4.43 Å². The molecule has 3 heteroatoms. The molecule has 0 spiro atoms. The molecule has 1 nitrogen and oxygen atoms in total. The van der Waals surface area contributed by atoms with Gasteiger partial charge >= 0.3 is 0 Å². The summed E-state index contributed by atoms with van der Waals surface area (Å²) in [4.78, 5) is 0. The molecule has 0 unspecified atom stereocenters. The van der Waals surface area contributed by atoms with Crippen molar-refractivity contribution in [2.45, 2.75) is 33.8 Å². The molecule has 1 aromatic heterocycles. The van der Waals surface area contributed by atoms with Crippen molar-refractivity contribution in [2.75, 3.05) is 0 Å². The van der Waals surface area contributed by atoms with E-state index in [0.717, 1.165) is 0 Å². The zero-order valence-corrected chi connectivity index (χ0v) is 11.7. The minimum atomic E-state index is -0.484. The quantitative estimate of drug-likeness (QED) is 0.702. The van der Waals surface area contributed by atoms with Crippen molar-refractivity contribution in [2.24, 2.45) is 11.8 Å². The molecule has 0 amide bonds. The van der Waals surface area contributed by atoms with Gasteiger partial charge in [0, 0.05) is 10.6 Å². The van der Waals surface area contributed by atoms with E-state index in [1.54, 1.807) is 0 Å². The van der Waals surface area contributed by atoms with Gasteiger partial charge in [-0.1, -0.05) is 39.8 Å². The van der Waals surface area contributed by atoms with Crippen LogP contribution in [0, 0.1) is 11.8 Å². The molecule has 0 saturated carbocycles. The molecule has 0 aliphatic rings. The smallest absolute Gasteiger partial charge is 0.203 e. The first kappa shape index (κ1) is 11.9. The molecule has 0 atom stereocenters. The molecule has 0 saturated heterocycles. The van der Waals surface area contributed by atoms with Crippen LogP contribution in [0.4, 0.5) is 0 Å². The number of hydrogen-bond acceptors (Lipinski definition) is 2. The minimum Gasteiger partial charge on any atom is -0.414 e. The SMILES string of the molecule is CC(C)C(O[SiH2]c1cccs1)C(C)C. The summed E-state index contributed by atoms with van der Waals surface area (Å²) < 4.78 is 7.51. The molecule has 1 heterocycles. The van der Waals surface area contributed by atoms with Gasteiger partial charge in [-0.05, 0) is 17.2 Å². The third-order valence-corrected chi connectivity index (χ3v) is 4.97. The molecule has 0 aliphatic carbocycles. The number of rotatable bonds is 5. The summed E-state index contributed by atoms with van der Waals surface area (Å²) in [5.74, 6) is 1.25. The highest BCUT2D eigenvalue weighted by Crippen LogP contribution is 2.15. The average molecular weight is 228 g/mol. The summed E-state index contributed by atoms with van der Waals surface area (Å²) >= 11 is 1.83. The Hall–Kier alpha value is -0.123. The molecule has 80 valence electrons. The van der Waals surface area contributed by atoms with Crippen LogP contribution < -0.4 is 4.50 Å². The molecule has 0 fully saturated rings. The van der Waals surface area contributed by atoms with Crippen molar-refractivity contribution in [3.05, 3.63) is 17.5 Å². The van der Waals surface area contributed by atoms with Crippen LogP contribution in [0.2, 0.25) is 0 Å². The van der Waals surface area contributed by atoms with Gasteiger partial charge in [0.2, 0.25) is 9.76 Å². The van der Waals surface area contributed by atoms with E-state index in [1.165, 1.54) is 4.50 Å². The molecule has 0 aliphatic heterocycles. The van der Waals surface area contributed by atoms with Crippen molar-refractivity contribution in [3.63, 3.8) is 0 Å². The number of thiophene rings is 1. The van der Waals surface area contributed by atoms with Crippen LogP contribution in [0.25, 0.3) is 0 Å². The van der Waals surface area contributed by atoms with E-state index < -0.39 is 9.76 Å². The van der Waals surface area contributed by atoms with Crippen molar-refractivity contribution in [1.82, 2.24) is 0 Å². The van der Waals surface area contributed by atoms with Crippen molar-refractivity contribution in [1.29, 1.82) is 0 Å². The molecule has 0 bridgehead atoms. The fraction of sp³-hybridized carbons (Fsp3) is 0.636.